The predicted octanol–water partition coefficient (Wildman–Crippen LogP) is 6.02. The van der Waals surface area contributed by atoms with Crippen LogP contribution in [0.3, 0.4) is 0 Å². The number of phenolic OH excluding ortho intramolecular Hbond substituents is 1. The van der Waals surface area contributed by atoms with E-state index < -0.39 is 5.92 Å². The summed E-state index contributed by atoms with van der Waals surface area (Å²) in [6.07, 6.45) is 3.02. The number of aromatic hydroxyl groups is 1. The van der Waals surface area contributed by atoms with Gasteiger partial charge >= 0.3 is 5.97 Å². The lowest BCUT2D eigenvalue weighted by atomic mass is 9.80. The lowest BCUT2D eigenvalue weighted by Crippen LogP contribution is -2.20. The minimum absolute atomic E-state index is 0.0837. The fourth-order valence-corrected chi connectivity index (χ4v) is 4.28. The number of carbonyl (C=O) groups excluding carboxylic acids is 1. The van der Waals surface area contributed by atoms with Gasteiger partial charge in [-0.05, 0) is 41.2 Å². The van der Waals surface area contributed by atoms with Crippen LogP contribution in [0.4, 0.5) is 0 Å². The third-order valence-corrected chi connectivity index (χ3v) is 5.74. The fourth-order valence-electron chi connectivity index (χ4n) is 4.28. The summed E-state index contributed by atoms with van der Waals surface area (Å²) < 4.78 is 5.21. The van der Waals surface area contributed by atoms with Gasteiger partial charge in [0, 0.05) is 11.1 Å². The molecule has 0 aliphatic heterocycles. The second-order valence-corrected chi connectivity index (χ2v) is 7.93. The van der Waals surface area contributed by atoms with Crippen LogP contribution in [0.25, 0.3) is 0 Å². The third kappa shape index (κ3) is 4.75. The number of esters is 1. The fraction of sp³-hybridized carbons (Fsp3) is 0.286. The van der Waals surface area contributed by atoms with Gasteiger partial charge in [-0.2, -0.15) is 0 Å². The zero-order valence-electron chi connectivity index (χ0n) is 19.0. The molecular weight excluding hydrogens is 398 g/mol. The summed E-state index contributed by atoms with van der Waals surface area (Å²) in [6, 6.07) is 20.9. The topological polar surface area (TPSA) is 70.4 Å². The zero-order valence-corrected chi connectivity index (χ0v) is 19.0. The molecule has 0 fully saturated rings. The zero-order chi connectivity index (χ0) is 23.1. The van der Waals surface area contributed by atoms with Crippen LogP contribution < -0.4 is 0 Å². The molecule has 0 spiro atoms. The number of methoxy groups -OCH3 is 1. The second kappa shape index (κ2) is 10.8. The van der Waals surface area contributed by atoms with Crippen molar-refractivity contribution in [3.63, 3.8) is 0 Å². The summed E-state index contributed by atoms with van der Waals surface area (Å²) in [4.78, 5) is 13.0. The molecule has 0 aliphatic carbocycles. The summed E-state index contributed by atoms with van der Waals surface area (Å²) >= 11 is 0. The molecule has 32 heavy (non-hydrogen) atoms. The lowest BCUT2D eigenvalue weighted by molar-refractivity contribution is -0.141. The number of hydrogen-bond donors (Lipinski definition) is 2. The van der Waals surface area contributed by atoms with Crippen LogP contribution in [0.5, 0.6) is 5.75 Å². The Hall–Kier alpha value is -3.40. The first-order valence-corrected chi connectivity index (χ1v) is 11.2. The van der Waals surface area contributed by atoms with Crippen LogP contribution in [-0.4, -0.2) is 23.9 Å². The van der Waals surface area contributed by atoms with E-state index in [1.807, 2.05) is 73.7 Å². The van der Waals surface area contributed by atoms with Gasteiger partial charge in [-0.15, -0.1) is 0 Å². The number of phenols is 1. The van der Waals surface area contributed by atoms with E-state index in [4.69, 9.17) is 10.1 Å². The molecular formula is C28H31NO3. The molecule has 3 aromatic carbocycles. The predicted molar refractivity (Wildman–Crippen MR) is 129 cm³/mol. The van der Waals surface area contributed by atoms with Crippen molar-refractivity contribution in [2.45, 2.75) is 45.4 Å². The Bertz CT molecular complexity index is 1070. The highest BCUT2D eigenvalue weighted by Gasteiger charge is 2.31. The quantitative estimate of drug-likeness (QED) is 0.323. The van der Waals surface area contributed by atoms with Gasteiger partial charge < -0.3 is 9.84 Å². The van der Waals surface area contributed by atoms with Crippen LogP contribution >= 0.6 is 0 Å². The first-order chi connectivity index (χ1) is 15.5. The van der Waals surface area contributed by atoms with Gasteiger partial charge in [0.2, 0.25) is 0 Å². The van der Waals surface area contributed by atoms with E-state index in [1.54, 1.807) is 0 Å². The molecule has 3 aromatic rings. The van der Waals surface area contributed by atoms with Crippen molar-refractivity contribution in [2.75, 3.05) is 7.11 Å². The lowest BCUT2D eigenvalue weighted by Gasteiger charge is -2.25. The maximum absolute atomic E-state index is 13.0. The molecule has 4 nitrogen and oxygen atoms in total. The Morgan fingerprint density at radius 2 is 1.56 bits per heavy atom. The standard InChI is InChI=1S/C28H31NO3/c1-4-12-21-18-23(26(29)20-16-10-7-11-17-20)27(30)22(13-5-2)24(21)25(28(31)32-3)19-14-8-6-9-15-19/h6-11,14-18,25,29-30H,4-5,12-13H2,1-3H3. The van der Waals surface area contributed by atoms with Crippen LogP contribution in [0.1, 0.15) is 66.0 Å². The summed E-state index contributed by atoms with van der Waals surface area (Å²) in [5, 5.41) is 20.2. The molecule has 0 saturated heterocycles. The SMILES string of the molecule is CCCc1cc(C(=N)c2ccccc2)c(O)c(CCC)c1C(C(=O)OC)c1ccccc1. The smallest absolute Gasteiger partial charge is 0.317 e. The Balaban J connectivity index is 2.30. The van der Waals surface area contributed by atoms with Crippen molar-refractivity contribution in [3.8, 4) is 5.75 Å². The molecule has 3 rings (SSSR count). The van der Waals surface area contributed by atoms with Crippen molar-refractivity contribution >= 4 is 11.7 Å². The Morgan fingerprint density at radius 3 is 2.12 bits per heavy atom. The minimum Gasteiger partial charge on any atom is -0.507 e. The maximum atomic E-state index is 13.0. The molecule has 1 atom stereocenters. The maximum Gasteiger partial charge on any atom is 0.317 e. The van der Waals surface area contributed by atoms with E-state index in [9.17, 15) is 9.90 Å². The normalized spacial score (nSPS) is 11.7. The van der Waals surface area contributed by atoms with E-state index in [2.05, 4.69) is 6.92 Å². The average Bonchev–Trinajstić information content (AvgIpc) is 2.83. The molecule has 1 unspecified atom stereocenters. The third-order valence-electron chi connectivity index (χ3n) is 5.74. The summed E-state index contributed by atoms with van der Waals surface area (Å²) in [5.74, 6) is -0.897. The largest absolute Gasteiger partial charge is 0.507 e. The Kier molecular flexibility index (Phi) is 7.82. The highest BCUT2D eigenvalue weighted by atomic mass is 16.5. The summed E-state index contributed by atoms with van der Waals surface area (Å²) in [7, 11) is 1.40. The summed E-state index contributed by atoms with van der Waals surface area (Å²) in [5.41, 5.74) is 4.88. The molecule has 0 heterocycles. The van der Waals surface area contributed by atoms with E-state index >= 15 is 0 Å². The van der Waals surface area contributed by atoms with E-state index in [-0.39, 0.29) is 17.4 Å². The molecule has 0 aliphatic rings. The first kappa shape index (κ1) is 23.3. The van der Waals surface area contributed by atoms with Crippen molar-refractivity contribution in [1.29, 1.82) is 5.41 Å². The average molecular weight is 430 g/mol. The van der Waals surface area contributed by atoms with Gasteiger partial charge in [0.15, 0.2) is 0 Å². The number of ether oxygens (including phenoxy) is 1. The van der Waals surface area contributed by atoms with Gasteiger partial charge in [0.1, 0.15) is 11.7 Å². The first-order valence-electron chi connectivity index (χ1n) is 11.2. The van der Waals surface area contributed by atoms with E-state index in [0.29, 0.717) is 12.0 Å². The molecule has 166 valence electrons. The van der Waals surface area contributed by atoms with Crippen LogP contribution in [0.2, 0.25) is 0 Å². The summed E-state index contributed by atoms with van der Waals surface area (Å²) in [6.45, 7) is 4.14. The van der Waals surface area contributed by atoms with E-state index in [0.717, 1.165) is 47.1 Å². The highest BCUT2D eigenvalue weighted by Crippen LogP contribution is 2.40. The Morgan fingerprint density at radius 1 is 0.969 bits per heavy atom. The van der Waals surface area contributed by atoms with Crippen molar-refractivity contribution in [2.24, 2.45) is 0 Å². The van der Waals surface area contributed by atoms with Crippen LogP contribution in [0, 0.1) is 5.41 Å². The number of hydrogen-bond acceptors (Lipinski definition) is 4. The van der Waals surface area contributed by atoms with Crippen molar-refractivity contribution < 1.29 is 14.6 Å². The van der Waals surface area contributed by atoms with Gasteiger partial charge in [-0.3, -0.25) is 10.2 Å². The van der Waals surface area contributed by atoms with Gasteiger partial charge in [0.25, 0.3) is 0 Å². The number of carbonyl (C=O) groups is 1. The molecule has 0 bridgehead atoms. The van der Waals surface area contributed by atoms with E-state index in [1.165, 1.54) is 7.11 Å². The van der Waals surface area contributed by atoms with Gasteiger partial charge in [-0.25, -0.2) is 0 Å². The highest BCUT2D eigenvalue weighted by molar-refractivity contribution is 6.13. The molecule has 0 amide bonds. The second-order valence-electron chi connectivity index (χ2n) is 7.93. The molecule has 0 radical (unpaired) electrons. The van der Waals surface area contributed by atoms with Gasteiger partial charge in [-0.1, -0.05) is 87.4 Å². The van der Waals surface area contributed by atoms with Crippen LogP contribution in [0.15, 0.2) is 66.7 Å². The van der Waals surface area contributed by atoms with Crippen LogP contribution in [-0.2, 0) is 22.4 Å². The Labute approximate surface area is 190 Å². The number of nitrogens with one attached hydrogen (secondary N) is 1. The van der Waals surface area contributed by atoms with Crippen molar-refractivity contribution in [3.05, 3.63) is 100 Å². The van der Waals surface area contributed by atoms with Crippen molar-refractivity contribution in [1.82, 2.24) is 0 Å². The number of aryl methyl sites for hydroxylation is 1. The monoisotopic (exact) mass is 429 g/mol. The van der Waals surface area contributed by atoms with Gasteiger partial charge in [0.05, 0.1) is 12.8 Å². The number of benzene rings is 3. The molecule has 0 saturated carbocycles. The minimum atomic E-state index is -0.629. The molecule has 0 aromatic heterocycles. The number of rotatable bonds is 9. The molecule has 2 N–H and O–H groups in total. The molecule has 4 heteroatoms.